The van der Waals surface area contributed by atoms with E-state index >= 15 is 0 Å². The molecule has 4 rings (SSSR count). The van der Waals surface area contributed by atoms with Gasteiger partial charge in [0.25, 0.3) is 0 Å². The van der Waals surface area contributed by atoms with Gasteiger partial charge in [-0.25, -0.2) is 14.6 Å². The predicted octanol–water partition coefficient (Wildman–Crippen LogP) is 5.57. The highest BCUT2D eigenvalue weighted by Crippen LogP contribution is 2.28. The first kappa shape index (κ1) is 21.6. The summed E-state index contributed by atoms with van der Waals surface area (Å²) in [6.45, 7) is 0. The van der Waals surface area contributed by atoms with E-state index in [1.807, 2.05) is 0 Å². The Labute approximate surface area is 193 Å². The van der Waals surface area contributed by atoms with Crippen molar-refractivity contribution in [3.8, 4) is 11.5 Å². The molecule has 1 heterocycles. The lowest BCUT2D eigenvalue weighted by atomic mass is 10.2. The monoisotopic (exact) mass is 467 g/mol. The van der Waals surface area contributed by atoms with E-state index in [1.165, 1.54) is 6.08 Å². The molecule has 0 aromatic heterocycles. The molecule has 0 radical (unpaired) electrons. The van der Waals surface area contributed by atoms with E-state index in [0.717, 1.165) is 0 Å². The van der Waals surface area contributed by atoms with Crippen LogP contribution in [-0.2, 0) is 9.53 Å². The minimum atomic E-state index is -0.582. The molecule has 32 heavy (non-hydrogen) atoms. The van der Waals surface area contributed by atoms with Gasteiger partial charge in [0.05, 0.1) is 17.7 Å². The quantitative estimate of drug-likeness (QED) is 0.278. The van der Waals surface area contributed by atoms with Gasteiger partial charge in [-0.1, -0.05) is 29.3 Å². The standard InChI is InChI=1S/C24H15Cl2NO5/c1-30-18-9-5-16(6-10-18)23(28)31-21-11-2-14(12-19(21)26)13-20-24(29)32-22(27-20)15-3-7-17(25)8-4-15/h2-13H,1H3/b20-13+. The van der Waals surface area contributed by atoms with Crippen molar-refractivity contribution in [3.63, 3.8) is 0 Å². The summed E-state index contributed by atoms with van der Waals surface area (Å²) in [5.41, 5.74) is 1.69. The van der Waals surface area contributed by atoms with Gasteiger partial charge < -0.3 is 14.2 Å². The fourth-order valence-corrected chi connectivity index (χ4v) is 3.21. The van der Waals surface area contributed by atoms with Gasteiger partial charge in [0.15, 0.2) is 5.70 Å². The van der Waals surface area contributed by atoms with Crippen LogP contribution in [0.2, 0.25) is 10.0 Å². The molecule has 3 aromatic rings. The molecule has 160 valence electrons. The highest BCUT2D eigenvalue weighted by Gasteiger charge is 2.24. The molecule has 1 aliphatic rings. The van der Waals surface area contributed by atoms with Crippen LogP contribution in [0.5, 0.6) is 11.5 Å². The van der Waals surface area contributed by atoms with Gasteiger partial charge in [0.1, 0.15) is 11.5 Å². The molecule has 0 fully saturated rings. The number of cyclic esters (lactones) is 1. The Morgan fingerprint density at radius 1 is 1.00 bits per heavy atom. The Hall–Kier alpha value is -3.61. The number of rotatable bonds is 5. The van der Waals surface area contributed by atoms with E-state index < -0.39 is 11.9 Å². The summed E-state index contributed by atoms with van der Waals surface area (Å²) in [6, 6.07) is 18.0. The van der Waals surface area contributed by atoms with Crippen molar-refractivity contribution in [2.75, 3.05) is 7.11 Å². The lowest BCUT2D eigenvalue weighted by Crippen LogP contribution is -2.08. The fraction of sp³-hybridized carbons (Fsp3) is 0.0417. The molecule has 0 atom stereocenters. The Morgan fingerprint density at radius 2 is 1.72 bits per heavy atom. The molecule has 1 aliphatic heterocycles. The molecule has 0 amide bonds. The van der Waals surface area contributed by atoms with Crippen LogP contribution in [0.4, 0.5) is 0 Å². The molecule has 0 bridgehead atoms. The minimum absolute atomic E-state index is 0.119. The van der Waals surface area contributed by atoms with Crippen molar-refractivity contribution in [2.24, 2.45) is 4.99 Å². The Kier molecular flexibility index (Phi) is 6.25. The average molecular weight is 468 g/mol. The molecule has 0 spiro atoms. The number of halogens is 2. The van der Waals surface area contributed by atoms with E-state index in [0.29, 0.717) is 27.5 Å². The highest BCUT2D eigenvalue weighted by molar-refractivity contribution is 6.32. The Bertz CT molecular complexity index is 1250. The van der Waals surface area contributed by atoms with E-state index in [9.17, 15) is 9.59 Å². The van der Waals surface area contributed by atoms with Crippen LogP contribution in [0, 0.1) is 0 Å². The van der Waals surface area contributed by atoms with Crippen LogP contribution in [-0.4, -0.2) is 24.9 Å². The number of ether oxygens (including phenoxy) is 3. The number of carbonyl (C=O) groups is 2. The van der Waals surface area contributed by atoms with Gasteiger partial charge in [-0.2, -0.15) is 0 Å². The molecule has 0 N–H and O–H groups in total. The molecule has 0 aliphatic carbocycles. The summed E-state index contributed by atoms with van der Waals surface area (Å²) >= 11 is 12.2. The summed E-state index contributed by atoms with van der Waals surface area (Å²) in [5, 5.41) is 0.770. The smallest absolute Gasteiger partial charge is 0.363 e. The summed E-state index contributed by atoms with van der Waals surface area (Å²) < 4.78 is 15.7. The van der Waals surface area contributed by atoms with Gasteiger partial charge in [-0.15, -0.1) is 0 Å². The zero-order chi connectivity index (χ0) is 22.7. The molecule has 0 saturated carbocycles. The van der Waals surface area contributed by atoms with Crippen LogP contribution >= 0.6 is 23.2 Å². The van der Waals surface area contributed by atoms with Gasteiger partial charge in [-0.05, 0) is 72.3 Å². The average Bonchev–Trinajstić information content (AvgIpc) is 3.16. The molecule has 8 heteroatoms. The number of methoxy groups -OCH3 is 1. The normalized spacial score (nSPS) is 14.2. The molecule has 3 aromatic carbocycles. The first-order chi connectivity index (χ1) is 15.4. The van der Waals surface area contributed by atoms with Crippen LogP contribution in [0.25, 0.3) is 6.08 Å². The second kappa shape index (κ2) is 9.26. The van der Waals surface area contributed by atoms with Crippen LogP contribution in [0.1, 0.15) is 21.5 Å². The van der Waals surface area contributed by atoms with Gasteiger partial charge in [0.2, 0.25) is 5.90 Å². The first-order valence-electron chi connectivity index (χ1n) is 9.37. The number of nitrogens with zero attached hydrogens (tertiary/aromatic N) is 1. The van der Waals surface area contributed by atoms with E-state index in [4.69, 9.17) is 37.4 Å². The summed E-state index contributed by atoms with van der Waals surface area (Å²) in [5.74, 6) is -0.134. The van der Waals surface area contributed by atoms with Crippen LogP contribution < -0.4 is 9.47 Å². The maximum Gasteiger partial charge on any atom is 0.363 e. The lowest BCUT2D eigenvalue weighted by molar-refractivity contribution is -0.129. The van der Waals surface area contributed by atoms with Crippen molar-refractivity contribution in [2.45, 2.75) is 0 Å². The molecular weight excluding hydrogens is 453 g/mol. The Morgan fingerprint density at radius 3 is 2.38 bits per heavy atom. The van der Waals surface area contributed by atoms with Crippen molar-refractivity contribution in [1.82, 2.24) is 0 Å². The largest absolute Gasteiger partial charge is 0.497 e. The predicted molar refractivity (Wildman–Crippen MR) is 121 cm³/mol. The number of hydrogen-bond acceptors (Lipinski definition) is 6. The van der Waals surface area contributed by atoms with Gasteiger partial charge >= 0.3 is 11.9 Å². The van der Waals surface area contributed by atoms with Crippen molar-refractivity contribution in [1.29, 1.82) is 0 Å². The molecule has 0 saturated heterocycles. The van der Waals surface area contributed by atoms with E-state index in [-0.39, 0.29) is 22.4 Å². The van der Waals surface area contributed by atoms with Crippen molar-refractivity contribution in [3.05, 3.63) is 99.2 Å². The number of hydrogen-bond donors (Lipinski definition) is 0. The van der Waals surface area contributed by atoms with Crippen LogP contribution in [0.3, 0.4) is 0 Å². The van der Waals surface area contributed by atoms with Crippen molar-refractivity contribution < 1.29 is 23.8 Å². The third-order valence-electron chi connectivity index (χ3n) is 4.50. The van der Waals surface area contributed by atoms with Gasteiger partial charge in [-0.3, -0.25) is 0 Å². The maximum absolute atomic E-state index is 12.3. The number of benzene rings is 3. The number of carbonyl (C=O) groups excluding carboxylic acids is 2. The van der Waals surface area contributed by atoms with Crippen LogP contribution in [0.15, 0.2) is 77.4 Å². The lowest BCUT2D eigenvalue weighted by Gasteiger charge is -2.07. The number of esters is 2. The SMILES string of the molecule is COc1ccc(C(=O)Oc2ccc(/C=C3/N=C(c4ccc(Cl)cc4)OC3=O)cc2Cl)cc1. The fourth-order valence-electron chi connectivity index (χ4n) is 2.86. The zero-order valence-electron chi connectivity index (χ0n) is 16.7. The van der Waals surface area contributed by atoms with E-state index in [1.54, 1.807) is 73.8 Å². The highest BCUT2D eigenvalue weighted by atomic mass is 35.5. The van der Waals surface area contributed by atoms with E-state index in [2.05, 4.69) is 4.99 Å². The summed E-state index contributed by atoms with van der Waals surface area (Å²) in [6.07, 6.45) is 1.53. The third kappa shape index (κ3) is 4.82. The topological polar surface area (TPSA) is 74.2 Å². The second-order valence-corrected chi connectivity index (χ2v) is 7.49. The molecule has 6 nitrogen and oxygen atoms in total. The summed E-state index contributed by atoms with van der Waals surface area (Å²) in [7, 11) is 1.54. The molecular formula is C24H15Cl2NO5. The Balaban J connectivity index is 1.51. The van der Waals surface area contributed by atoms with Gasteiger partial charge in [0, 0.05) is 10.6 Å². The maximum atomic E-state index is 12.3. The van der Waals surface area contributed by atoms with Crippen molar-refractivity contribution >= 4 is 47.1 Å². The minimum Gasteiger partial charge on any atom is -0.497 e. The summed E-state index contributed by atoms with van der Waals surface area (Å²) in [4.78, 5) is 28.8. The first-order valence-corrected chi connectivity index (χ1v) is 10.1. The zero-order valence-corrected chi connectivity index (χ0v) is 18.2. The number of aliphatic imine (C=N–C) groups is 1. The third-order valence-corrected chi connectivity index (χ3v) is 5.05. The second-order valence-electron chi connectivity index (χ2n) is 6.65. The molecule has 0 unspecified atom stereocenters.